The number of hydrogen-bond acceptors (Lipinski definition) is 7. The first-order chi connectivity index (χ1) is 17.5. The molecule has 1 amide bonds. The van der Waals surface area contributed by atoms with Gasteiger partial charge in [0.2, 0.25) is 0 Å². The molecule has 188 valence electrons. The Bertz CT molecular complexity index is 1190. The Morgan fingerprint density at radius 1 is 0.972 bits per heavy atom. The van der Waals surface area contributed by atoms with Gasteiger partial charge in [-0.15, -0.1) is 0 Å². The average Bonchev–Trinajstić information content (AvgIpc) is 3.43. The summed E-state index contributed by atoms with van der Waals surface area (Å²) in [7, 11) is 0. The molecule has 2 aliphatic heterocycles. The first-order valence-electron chi connectivity index (χ1n) is 12.8. The topological polar surface area (TPSA) is 97.5 Å². The summed E-state index contributed by atoms with van der Waals surface area (Å²) in [5, 5.41) is 0. The van der Waals surface area contributed by atoms with Crippen molar-refractivity contribution in [1.29, 1.82) is 0 Å². The molecule has 0 radical (unpaired) electrons. The van der Waals surface area contributed by atoms with Gasteiger partial charge in [-0.2, -0.15) is 0 Å². The van der Waals surface area contributed by atoms with Gasteiger partial charge in [0.25, 0.3) is 5.91 Å². The van der Waals surface area contributed by atoms with Crippen LogP contribution in [0.1, 0.15) is 53.3 Å². The molecule has 2 aliphatic rings. The number of benzene rings is 1. The van der Waals surface area contributed by atoms with E-state index in [4.69, 9.17) is 10.5 Å². The lowest BCUT2D eigenvalue weighted by atomic mass is 10.0. The SMILES string of the molecule is Cc1cc(C)nc(COc2cc(-c3ccc(C(=O)N4CCC(N5CCCC5)CC4)cc3)cnc2N)n1. The van der Waals surface area contributed by atoms with Crippen LogP contribution in [-0.2, 0) is 6.61 Å². The minimum Gasteiger partial charge on any atom is -0.482 e. The largest absolute Gasteiger partial charge is 0.482 e. The van der Waals surface area contributed by atoms with Gasteiger partial charge < -0.3 is 20.3 Å². The summed E-state index contributed by atoms with van der Waals surface area (Å²) < 4.78 is 5.91. The number of nitrogens with two attached hydrogens (primary N) is 1. The maximum absolute atomic E-state index is 13.1. The average molecular weight is 487 g/mol. The molecule has 2 aromatic heterocycles. The molecule has 0 unspecified atom stereocenters. The molecule has 0 aliphatic carbocycles. The first kappa shape index (κ1) is 24.2. The fourth-order valence-electron chi connectivity index (χ4n) is 5.26. The zero-order valence-electron chi connectivity index (χ0n) is 21.1. The summed E-state index contributed by atoms with van der Waals surface area (Å²) >= 11 is 0. The Balaban J connectivity index is 1.22. The van der Waals surface area contributed by atoms with Crippen molar-refractivity contribution in [2.45, 2.75) is 52.2 Å². The smallest absolute Gasteiger partial charge is 0.253 e. The molecule has 4 heterocycles. The number of nitrogen functional groups attached to an aromatic ring is 1. The van der Waals surface area contributed by atoms with E-state index in [0.29, 0.717) is 29.0 Å². The molecular weight excluding hydrogens is 452 g/mol. The predicted octanol–water partition coefficient (Wildman–Crippen LogP) is 4.02. The van der Waals surface area contributed by atoms with Crippen LogP contribution in [0.4, 0.5) is 5.82 Å². The maximum Gasteiger partial charge on any atom is 0.253 e. The van der Waals surface area contributed by atoms with E-state index in [2.05, 4.69) is 19.9 Å². The number of nitrogens with zero attached hydrogens (tertiary/aromatic N) is 5. The van der Waals surface area contributed by atoms with Crippen LogP contribution >= 0.6 is 0 Å². The number of likely N-dealkylation sites (tertiary alicyclic amines) is 2. The van der Waals surface area contributed by atoms with Crippen molar-refractivity contribution in [2.75, 3.05) is 31.9 Å². The van der Waals surface area contributed by atoms with Gasteiger partial charge in [0.1, 0.15) is 6.61 Å². The molecular formula is C28H34N6O2. The Morgan fingerprint density at radius 2 is 1.64 bits per heavy atom. The van der Waals surface area contributed by atoms with Gasteiger partial charge in [0, 0.05) is 47.8 Å². The van der Waals surface area contributed by atoms with E-state index in [0.717, 1.165) is 48.4 Å². The quantitative estimate of drug-likeness (QED) is 0.562. The van der Waals surface area contributed by atoms with E-state index in [1.54, 1.807) is 6.20 Å². The van der Waals surface area contributed by atoms with Gasteiger partial charge in [0.15, 0.2) is 17.4 Å². The lowest BCUT2D eigenvalue weighted by Crippen LogP contribution is -2.45. The second kappa shape index (κ2) is 10.6. The summed E-state index contributed by atoms with van der Waals surface area (Å²) in [5.41, 5.74) is 10.4. The van der Waals surface area contributed by atoms with Gasteiger partial charge in [-0.25, -0.2) is 15.0 Å². The van der Waals surface area contributed by atoms with Crippen molar-refractivity contribution in [3.8, 4) is 16.9 Å². The van der Waals surface area contributed by atoms with Gasteiger partial charge in [-0.05, 0) is 82.4 Å². The molecule has 5 rings (SSSR count). The van der Waals surface area contributed by atoms with Crippen molar-refractivity contribution in [1.82, 2.24) is 24.8 Å². The van der Waals surface area contributed by atoms with Gasteiger partial charge in [-0.3, -0.25) is 4.79 Å². The fourth-order valence-corrected chi connectivity index (χ4v) is 5.26. The van der Waals surface area contributed by atoms with Crippen LogP contribution in [0, 0.1) is 13.8 Å². The van der Waals surface area contributed by atoms with Crippen LogP contribution in [0.3, 0.4) is 0 Å². The van der Waals surface area contributed by atoms with Gasteiger partial charge in [0.05, 0.1) is 0 Å². The zero-order chi connectivity index (χ0) is 25.1. The summed E-state index contributed by atoms with van der Waals surface area (Å²) in [6.45, 7) is 8.15. The van der Waals surface area contributed by atoms with Crippen LogP contribution in [0.15, 0.2) is 42.6 Å². The molecule has 0 atom stereocenters. The van der Waals surface area contributed by atoms with Crippen molar-refractivity contribution in [3.05, 3.63) is 65.4 Å². The Kier molecular flexibility index (Phi) is 7.13. The van der Waals surface area contributed by atoms with Crippen LogP contribution in [0.5, 0.6) is 5.75 Å². The predicted molar refractivity (Wildman–Crippen MR) is 140 cm³/mol. The third-order valence-corrected chi connectivity index (χ3v) is 7.14. The Morgan fingerprint density at radius 3 is 2.31 bits per heavy atom. The number of hydrogen-bond donors (Lipinski definition) is 1. The van der Waals surface area contributed by atoms with E-state index in [1.807, 2.05) is 55.1 Å². The molecule has 0 saturated carbocycles. The number of aryl methyl sites for hydroxylation is 2. The van der Waals surface area contributed by atoms with Crippen molar-refractivity contribution >= 4 is 11.7 Å². The first-order valence-corrected chi connectivity index (χ1v) is 12.8. The molecule has 0 bridgehead atoms. The highest BCUT2D eigenvalue weighted by Crippen LogP contribution is 2.28. The normalized spacial score (nSPS) is 16.9. The molecule has 8 heteroatoms. The molecule has 8 nitrogen and oxygen atoms in total. The standard InChI is InChI=1S/C28H34N6O2/c1-19-15-20(2)32-26(31-19)18-36-25-16-23(17-30-27(25)29)21-5-7-22(8-6-21)28(35)34-13-9-24(10-14-34)33-11-3-4-12-33/h5-8,15-17,24H,3-4,9-14,18H2,1-2H3,(H2,29,30). The minimum absolute atomic E-state index is 0.106. The Labute approximate surface area is 212 Å². The third-order valence-electron chi connectivity index (χ3n) is 7.14. The molecule has 2 N–H and O–H groups in total. The third kappa shape index (κ3) is 5.49. The number of anilines is 1. The molecule has 1 aromatic carbocycles. The van der Waals surface area contributed by atoms with Crippen LogP contribution in [-0.4, -0.2) is 62.9 Å². The van der Waals surface area contributed by atoms with E-state index in [1.165, 1.54) is 25.9 Å². The molecule has 2 fully saturated rings. The number of rotatable bonds is 6. The number of carbonyl (C=O) groups is 1. The van der Waals surface area contributed by atoms with E-state index < -0.39 is 0 Å². The molecule has 0 spiro atoms. The summed E-state index contributed by atoms with van der Waals surface area (Å²) in [6.07, 6.45) is 6.47. The second-order valence-corrected chi connectivity index (χ2v) is 9.81. The lowest BCUT2D eigenvalue weighted by molar-refractivity contribution is 0.0644. The summed E-state index contributed by atoms with van der Waals surface area (Å²) in [5.74, 6) is 1.50. The van der Waals surface area contributed by atoms with E-state index in [-0.39, 0.29) is 12.5 Å². The minimum atomic E-state index is 0.106. The van der Waals surface area contributed by atoms with Gasteiger partial charge >= 0.3 is 0 Å². The summed E-state index contributed by atoms with van der Waals surface area (Å²) in [6, 6.07) is 12.1. The molecule has 36 heavy (non-hydrogen) atoms. The van der Waals surface area contributed by atoms with Crippen molar-refractivity contribution in [2.24, 2.45) is 0 Å². The number of carbonyl (C=O) groups excluding carboxylic acids is 1. The van der Waals surface area contributed by atoms with Crippen molar-refractivity contribution < 1.29 is 9.53 Å². The number of ether oxygens (including phenoxy) is 1. The van der Waals surface area contributed by atoms with Crippen molar-refractivity contribution in [3.63, 3.8) is 0 Å². The van der Waals surface area contributed by atoms with Gasteiger partial charge in [-0.1, -0.05) is 12.1 Å². The molecule has 2 saturated heterocycles. The lowest BCUT2D eigenvalue weighted by Gasteiger charge is -2.36. The summed E-state index contributed by atoms with van der Waals surface area (Å²) in [4.78, 5) is 30.8. The number of amides is 1. The van der Waals surface area contributed by atoms with Crippen LogP contribution < -0.4 is 10.5 Å². The maximum atomic E-state index is 13.1. The number of aromatic nitrogens is 3. The number of piperidine rings is 1. The fraction of sp³-hybridized carbons (Fsp3) is 0.429. The van der Waals surface area contributed by atoms with E-state index >= 15 is 0 Å². The highest BCUT2D eigenvalue weighted by Gasteiger charge is 2.28. The second-order valence-electron chi connectivity index (χ2n) is 9.81. The highest BCUT2D eigenvalue weighted by atomic mass is 16.5. The monoisotopic (exact) mass is 486 g/mol. The number of pyridine rings is 1. The van der Waals surface area contributed by atoms with Crippen LogP contribution in [0.25, 0.3) is 11.1 Å². The molecule has 3 aromatic rings. The highest BCUT2D eigenvalue weighted by molar-refractivity contribution is 5.94. The Hall–Kier alpha value is -3.52. The zero-order valence-corrected chi connectivity index (χ0v) is 21.1. The van der Waals surface area contributed by atoms with E-state index in [9.17, 15) is 4.79 Å². The van der Waals surface area contributed by atoms with Crippen LogP contribution in [0.2, 0.25) is 0 Å².